The van der Waals surface area contributed by atoms with Crippen LogP contribution in [0, 0.1) is 0 Å². The zero-order valence-corrected chi connectivity index (χ0v) is 14.5. The van der Waals surface area contributed by atoms with Gasteiger partial charge in [-0.3, -0.25) is 4.57 Å². The zero-order valence-electron chi connectivity index (χ0n) is 12.1. The van der Waals surface area contributed by atoms with Crippen molar-refractivity contribution in [2.75, 3.05) is 5.09 Å². The summed E-state index contributed by atoms with van der Waals surface area (Å²) >= 11 is 12.2. The number of benzene rings is 3. The van der Waals surface area contributed by atoms with Gasteiger partial charge in [-0.15, -0.1) is 0 Å². The van der Waals surface area contributed by atoms with Gasteiger partial charge in [0.1, 0.15) is 0 Å². The normalized spacial score (nSPS) is 11.2. The van der Waals surface area contributed by atoms with Crippen LogP contribution in [0.1, 0.15) is 0 Å². The first-order valence-corrected chi connectivity index (χ1v) is 9.50. The van der Waals surface area contributed by atoms with Gasteiger partial charge in [0.05, 0.1) is 10.7 Å². The summed E-state index contributed by atoms with van der Waals surface area (Å²) < 4.78 is 13.8. The Labute approximate surface area is 145 Å². The predicted octanol–water partition coefficient (Wildman–Crippen LogP) is 5.33. The Morgan fingerprint density at radius 3 is 1.74 bits per heavy atom. The van der Waals surface area contributed by atoms with Crippen LogP contribution >= 0.6 is 30.5 Å². The summed E-state index contributed by atoms with van der Waals surface area (Å²) in [5.74, 6) is 0. The summed E-state index contributed by atoms with van der Waals surface area (Å²) in [5, 5.41) is 5.56. The SMILES string of the molecule is O=P(Nc1ccc(Cl)cc1Cl)(c1ccccc1)c1ccccc1. The van der Waals surface area contributed by atoms with E-state index < -0.39 is 7.29 Å². The molecule has 3 aromatic carbocycles. The Bertz CT molecular complexity index is 810. The highest BCUT2D eigenvalue weighted by molar-refractivity contribution is 7.80. The van der Waals surface area contributed by atoms with Crippen LogP contribution in [0.15, 0.2) is 78.9 Å². The molecular formula is C18H14Cl2NOP. The van der Waals surface area contributed by atoms with Crippen molar-refractivity contribution in [3.63, 3.8) is 0 Å². The second kappa shape index (κ2) is 6.80. The molecule has 0 radical (unpaired) electrons. The lowest BCUT2D eigenvalue weighted by Gasteiger charge is -2.22. The molecular weight excluding hydrogens is 348 g/mol. The molecule has 0 aliphatic heterocycles. The molecule has 3 aromatic rings. The van der Waals surface area contributed by atoms with Crippen LogP contribution < -0.4 is 15.7 Å². The molecule has 0 atom stereocenters. The fraction of sp³-hybridized carbons (Fsp3) is 0. The number of anilines is 1. The van der Waals surface area contributed by atoms with Crippen LogP contribution in [-0.4, -0.2) is 0 Å². The fourth-order valence-electron chi connectivity index (χ4n) is 2.30. The zero-order chi connectivity index (χ0) is 16.3. The lowest BCUT2D eigenvalue weighted by molar-refractivity contribution is 0.590. The molecule has 0 aromatic heterocycles. The van der Waals surface area contributed by atoms with Crippen molar-refractivity contribution in [2.45, 2.75) is 0 Å². The molecule has 2 nitrogen and oxygen atoms in total. The summed E-state index contributed by atoms with van der Waals surface area (Å²) in [4.78, 5) is 0. The van der Waals surface area contributed by atoms with Crippen LogP contribution in [0.3, 0.4) is 0 Å². The summed E-state index contributed by atoms with van der Waals surface area (Å²) in [6, 6.07) is 23.8. The third kappa shape index (κ3) is 3.45. The Kier molecular flexibility index (Phi) is 4.77. The molecule has 0 bridgehead atoms. The van der Waals surface area contributed by atoms with Crippen molar-refractivity contribution in [2.24, 2.45) is 0 Å². The van der Waals surface area contributed by atoms with E-state index in [9.17, 15) is 4.57 Å². The molecule has 0 saturated carbocycles. The average Bonchev–Trinajstić information content (AvgIpc) is 2.59. The van der Waals surface area contributed by atoms with Gasteiger partial charge >= 0.3 is 0 Å². The highest BCUT2D eigenvalue weighted by atomic mass is 35.5. The van der Waals surface area contributed by atoms with Crippen molar-refractivity contribution >= 4 is 46.8 Å². The second-order valence-electron chi connectivity index (χ2n) is 5.02. The molecule has 0 aliphatic carbocycles. The van der Waals surface area contributed by atoms with Gasteiger partial charge in [0.25, 0.3) is 0 Å². The van der Waals surface area contributed by atoms with Crippen LogP contribution in [0.25, 0.3) is 0 Å². The number of hydrogen-bond donors (Lipinski definition) is 1. The molecule has 1 N–H and O–H groups in total. The number of nitrogens with one attached hydrogen (secondary N) is 1. The number of rotatable bonds is 4. The van der Waals surface area contributed by atoms with Gasteiger partial charge in [0.15, 0.2) is 0 Å². The minimum Gasteiger partial charge on any atom is -0.328 e. The molecule has 5 heteroatoms. The fourth-order valence-corrected chi connectivity index (χ4v) is 5.10. The smallest absolute Gasteiger partial charge is 0.227 e. The van der Waals surface area contributed by atoms with Crippen molar-refractivity contribution in [1.29, 1.82) is 0 Å². The van der Waals surface area contributed by atoms with Crippen molar-refractivity contribution in [3.05, 3.63) is 88.9 Å². The Morgan fingerprint density at radius 2 is 1.26 bits per heavy atom. The topological polar surface area (TPSA) is 29.1 Å². The van der Waals surface area contributed by atoms with Crippen LogP contribution in [0.5, 0.6) is 0 Å². The molecule has 0 saturated heterocycles. The van der Waals surface area contributed by atoms with E-state index in [1.165, 1.54) is 0 Å². The van der Waals surface area contributed by atoms with Gasteiger partial charge in [0.2, 0.25) is 7.29 Å². The first-order valence-electron chi connectivity index (χ1n) is 7.04. The molecule has 0 spiro atoms. The molecule has 0 fully saturated rings. The molecule has 23 heavy (non-hydrogen) atoms. The minimum atomic E-state index is -3.07. The summed E-state index contributed by atoms with van der Waals surface area (Å²) in [5.41, 5.74) is 0.590. The van der Waals surface area contributed by atoms with Crippen molar-refractivity contribution < 1.29 is 4.57 Å². The lowest BCUT2D eigenvalue weighted by Crippen LogP contribution is -2.21. The standard InChI is InChI=1S/C18H14Cl2NOP/c19-14-11-12-18(17(20)13-14)21-23(22,15-7-3-1-4-8-15)16-9-5-2-6-10-16/h1-13H,(H,21,22). The van der Waals surface area contributed by atoms with E-state index in [1.807, 2.05) is 60.7 Å². The van der Waals surface area contributed by atoms with Gasteiger partial charge in [0, 0.05) is 15.6 Å². The Balaban J connectivity index is 2.12. The molecule has 0 aliphatic rings. The molecule has 3 rings (SSSR count). The maximum atomic E-state index is 13.8. The van der Waals surface area contributed by atoms with E-state index in [2.05, 4.69) is 5.09 Å². The molecule has 0 amide bonds. The van der Waals surface area contributed by atoms with Crippen molar-refractivity contribution in [3.8, 4) is 0 Å². The van der Waals surface area contributed by atoms with E-state index in [-0.39, 0.29) is 0 Å². The number of hydrogen-bond acceptors (Lipinski definition) is 1. The Hall–Kier alpha value is -1.73. The van der Waals surface area contributed by atoms with Crippen LogP contribution in [0.4, 0.5) is 5.69 Å². The summed E-state index contributed by atoms with van der Waals surface area (Å²) in [7, 11) is -3.07. The maximum Gasteiger partial charge on any atom is 0.227 e. The van der Waals surface area contributed by atoms with Gasteiger partial charge in [-0.2, -0.15) is 0 Å². The van der Waals surface area contributed by atoms with Gasteiger partial charge in [-0.25, -0.2) is 0 Å². The highest BCUT2D eigenvalue weighted by Crippen LogP contribution is 2.45. The highest BCUT2D eigenvalue weighted by Gasteiger charge is 2.27. The largest absolute Gasteiger partial charge is 0.328 e. The van der Waals surface area contributed by atoms with E-state index in [4.69, 9.17) is 23.2 Å². The van der Waals surface area contributed by atoms with E-state index in [1.54, 1.807) is 18.2 Å². The Morgan fingerprint density at radius 1 is 0.739 bits per heavy atom. The average molecular weight is 362 g/mol. The van der Waals surface area contributed by atoms with Crippen LogP contribution in [-0.2, 0) is 4.57 Å². The first kappa shape index (κ1) is 16.1. The van der Waals surface area contributed by atoms with E-state index in [0.717, 1.165) is 10.6 Å². The van der Waals surface area contributed by atoms with Crippen molar-refractivity contribution in [1.82, 2.24) is 0 Å². The third-order valence-electron chi connectivity index (χ3n) is 3.45. The third-order valence-corrected chi connectivity index (χ3v) is 6.60. The molecule has 0 heterocycles. The monoisotopic (exact) mass is 361 g/mol. The summed E-state index contributed by atoms with van der Waals surface area (Å²) in [6.07, 6.45) is 0. The maximum absolute atomic E-state index is 13.8. The first-order chi connectivity index (χ1) is 11.1. The minimum absolute atomic E-state index is 0.435. The predicted molar refractivity (Wildman–Crippen MR) is 99.8 cm³/mol. The lowest BCUT2D eigenvalue weighted by atomic mass is 10.3. The molecule has 116 valence electrons. The van der Waals surface area contributed by atoms with Gasteiger partial charge < -0.3 is 5.09 Å². The van der Waals surface area contributed by atoms with E-state index in [0.29, 0.717) is 15.7 Å². The van der Waals surface area contributed by atoms with Crippen LogP contribution in [0.2, 0.25) is 10.0 Å². The quantitative estimate of drug-likeness (QED) is 0.636. The van der Waals surface area contributed by atoms with E-state index >= 15 is 0 Å². The van der Waals surface area contributed by atoms with Gasteiger partial charge in [-0.1, -0.05) is 59.6 Å². The van der Waals surface area contributed by atoms with Gasteiger partial charge in [-0.05, 0) is 42.5 Å². The second-order valence-corrected chi connectivity index (χ2v) is 8.33. The molecule has 0 unspecified atom stereocenters. The number of halogens is 2. The summed E-state index contributed by atoms with van der Waals surface area (Å²) in [6.45, 7) is 0.